The number of anilines is 1. The third-order valence-corrected chi connectivity index (χ3v) is 7.47. The topological polar surface area (TPSA) is 65.5 Å². The Bertz CT molecular complexity index is 837. The molecule has 0 aliphatic carbocycles. The van der Waals surface area contributed by atoms with E-state index in [1.54, 1.807) is 23.9 Å². The molecule has 27 heavy (non-hydrogen) atoms. The van der Waals surface area contributed by atoms with Crippen LogP contribution in [0.3, 0.4) is 0 Å². The number of pyridine rings is 1. The van der Waals surface area contributed by atoms with E-state index in [1.165, 1.54) is 10.5 Å². The SMILES string of the molecule is CN1CCN(S(=O)(=O)c2ccc(NCCSc3ccc(Cl)cc3)nc2)CC1. The van der Waals surface area contributed by atoms with E-state index in [9.17, 15) is 8.42 Å². The molecule has 0 radical (unpaired) electrons. The molecule has 1 N–H and O–H groups in total. The van der Waals surface area contributed by atoms with Gasteiger partial charge >= 0.3 is 0 Å². The third kappa shape index (κ3) is 5.58. The lowest BCUT2D eigenvalue weighted by atomic mass is 10.4. The number of hydrogen-bond acceptors (Lipinski definition) is 6. The van der Waals surface area contributed by atoms with Crippen LogP contribution in [0.4, 0.5) is 5.82 Å². The molecule has 146 valence electrons. The number of benzene rings is 1. The van der Waals surface area contributed by atoms with Crippen molar-refractivity contribution in [1.82, 2.24) is 14.2 Å². The summed E-state index contributed by atoms with van der Waals surface area (Å²) in [5.74, 6) is 1.54. The van der Waals surface area contributed by atoms with Crippen molar-refractivity contribution >= 4 is 39.2 Å². The Balaban J connectivity index is 1.50. The van der Waals surface area contributed by atoms with Gasteiger partial charge in [-0.05, 0) is 43.4 Å². The van der Waals surface area contributed by atoms with Crippen LogP contribution in [0, 0.1) is 0 Å². The van der Waals surface area contributed by atoms with E-state index < -0.39 is 10.0 Å². The Kier molecular flexibility index (Phi) is 6.99. The minimum Gasteiger partial charge on any atom is -0.369 e. The highest BCUT2D eigenvalue weighted by Crippen LogP contribution is 2.21. The first-order chi connectivity index (χ1) is 12.9. The molecule has 3 rings (SSSR count). The fourth-order valence-corrected chi connectivity index (χ4v) is 4.96. The lowest BCUT2D eigenvalue weighted by Crippen LogP contribution is -2.47. The summed E-state index contributed by atoms with van der Waals surface area (Å²) in [4.78, 5) is 7.78. The quantitative estimate of drug-likeness (QED) is 0.542. The molecule has 0 unspecified atom stereocenters. The Morgan fingerprint density at radius 2 is 1.81 bits per heavy atom. The van der Waals surface area contributed by atoms with E-state index >= 15 is 0 Å². The van der Waals surface area contributed by atoms with Gasteiger partial charge in [-0.2, -0.15) is 4.31 Å². The summed E-state index contributed by atoms with van der Waals surface area (Å²) in [6.45, 7) is 3.25. The van der Waals surface area contributed by atoms with Crippen molar-refractivity contribution in [2.24, 2.45) is 0 Å². The van der Waals surface area contributed by atoms with Gasteiger partial charge in [-0.25, -0.2) is 13.4 Å². The second kappa shape index (κ2) is 9.25. The predicted octanol–water partition coefficient (Wildman–Crippen LogP) is 2.88. The molecular formula is C18H23ClN4O2S2. The summed E-state index contributed by atoms with van der Waals surface area (Å²) in [6, 6.07) is 11.1. The number of sulfonamides is 1. The van der Waals surface area contributed by atoms with E-state index in [0.29, 0.717) is 18.9 Å². The molecule has 0 atom stereocenters. The summed E-state index contributed by atoms with van der Waals surface area (Å²) in [7, 11) is -1.47. The van der Waals surface area contributed by atoms with Gasteiger partial charge in [0, 0.05) is 54.6 Å². The Morgan fingerprint density at radius 3 is 2.44 bits per heavy atom. The van der Waals surface area contributed by atoms with Crippen LogP contribution in [0.1, 0.15) is 0 Å². The van der Waals surface area contributed by atoms with E-state index in [1.807, 2.05) is 31.3 Å². The van der Waals surface area contributed by atoms with Gasteiger partial charge in [0.2, 0.25) is 10.0 Å². The van der Waals surface area contributed by atoms with Crippen molar-refractivity contribution in [3.05, 3.63) is 47.6 Å². The van der Waals surface area contributed by atoms with E-state index in [2.05, 4.69) is 15.2 Å². The van der Waals surface area contributed by atoms with Crippen LogP contribution >= 0.6 is 23.4 Å². The minimum atomic E-state index is -3.47. The molecule has 9 heteroatoms. The summed E-state index contributed by atoms with van der Waals surface area (Å²) >= 11 is 7.60. The number of nitrogens with zero attached hydrogens (tertiary/aromatic N) is 3. The van der Waals surface area contributed by atoms with Crippen LogP contribution < -0.4 is 5.32 Å². The first-order valence-corrected chi connectivity index (χ1v) is 11.5. The van der Waals surface area contributed by atoms with Crippen molar-refractivity contribution < 1.29 is 8.42 Å². The van der Waals surface area contributed by atoms with Crippen LogP contribution in [0.25, 0.3) is 0 Å². The molecule has 0 spiro atoms. The second-order valence-electron chi connectivity index (χ2n) is 6.32. The average Bonchev–Trinajstić information content (AvgIpc) is 2.67. The first-order valence-electron chi connectivity index (χ1n) is 8.72. The molecule has 2 aromatic rings. The van der Waals surface area contributed by atoms with Crippen LogP contribution in [-0.4, -0.2) is 68.1 Å². The number of thioether (sulfide) groups is 1. The minimum absolute atomic E-state index is 0.244. The van der Waals surface area contributed by atoms with Crippen molar-refractivity contribution in [1.29, 1.82) is 0 Å². The third-order valence-electron chi connectivity index (χ3n) is 4.33. The summed E-state index contributed by atoms with van der Waals surface area (Å²) < 4.78 is 26.9. The van der Waals surface area contributed by atoms with Crippen LogP contribution in [0.2, 0.25) is 5.02 Å². The monoisotopic (exact) mass is 426 g/mol. The van der Waals surface area contributed by atoms with Crippen molar-refractivity contribution in [3.63, 3.8) is 0 Å². The van der Waals surface area contributed by atoms with Crippen LogP contribution in [0.15, 0.2) is 52.4 Å². The Morgan fingerprint density at radius 1 is 1.11 bits per heavy atom. The van der Waals surface area contributed by atoms with Gasteiger partial charge in [0.25, 0.3) is 0 Å². The number of rotatable bonds is 7. The summed E-state index contributed by atoms with van der Waals surface area (Å²) in [6.07, 6.45) is 1.43. The lowest BCUT2D eigenvalue weighted by molar-refractivity contribution is 0.222. The van der Waals surface area contributed by atoms with Gasteiger partial charge in [-0.1, -0.05) is 11.6 Å². The van der Waals surface area contributed by atoms with Crippen molar-refractivity contribution in [2.75, 3.05) is 50.8 Å². The highest BCUT2D eigenvalue weighted by Gasteiger charge is 2.27. The fourth-order valence-electron chi connectivity index (χ4n) is 2.69. The van der Waals surface area contributed by atoms with Crippen LogP contribution in [0.5, 0.6) is 0 Å². The maximum absolute atomic E-state index is 12.7. The number of halogens is 1. The molecule has 1 fully saturated rings. The highest BCUT2D eigenvalue weighted by molar-refractivity contribution is 7.99. The fraction of sp³-hybridized carbons (Fsp3) is 0.389. The number of nitrogens with one attached hydrogen (secondary N) is 1. The average molecular weight is 427 g/mol. The molecule has 1 saturated heterocycles. The maximum atomic E-state index is 12.7. The summed E-state index contributed by atoms with van der Waals surface area (Å²) in [5, 5.41) is 3.95. The molecule has 1 aromatic carbocycles. The highest BCUT2D eigenvalue weighted by atomic mass is 35.5. The van der Waals surface area contributed by atoms with E-state index in [0.717, 1.165) is 35.3 Å². The second-order valence-corrected chi connectivity index (χ2v) is 9.86. The standard InChI is InChI=1S/C18H23ClN4O2S2/c1-22-9-11-23(12-10-22)27(24,25)17-6-7-18(21-14-17)20-8-13-26-16-4-2-15(19)3-5-16/h2-7,14H,8-13H2,1H3,(H,20,21). The van der Waals surface area contributed by atoms with E-state index in [-0.39, 0.29) is 4.90 Å². The number of likely N-dealkylation sites (N-methyl/N-ethyl adjacent to an activating group) is 1. The van der Waals surface area contributed by atoms with Crippen molar-refractivity contribution in [3.8, 4) is 0 Å². The largest absolute Gasteiger partial charge is 0.369 e. The Hall–Kier alpha value is -1.32. The van der Waals surface area contributed by atoms with Gasteiger partial charge in [0.15, 0.2) is 0 Å². The number of piperazine rings is 1. The van der Waals surface area contributed by atoms with Gasteiger partial charge in [0.05, 0.1) is 0 Å². The molecular weight excluding hydrogens is 404 g/mol. The molecule has 1 aromatic heterocycles. The molecule has 0 bridgehead atoms. The van der Waals surface area contributed by atoms with Gasteiger partial charge < -0.3 is 10.2 Å². The molecule has 1 aliphatic rings. The van der Waals surface area contributed by atoms with E-state index in [4.69, 9.17) is 11.6 Å². The maximum Gasteiger partial charge on any atom is 0.244 e. The molecule has 0 saturated carbocycles. The van der Waals surface area contributed by atoms with Gasteiger partial charge in [-0.15, -0.1) is 11.8 Å². The van der Waals surface area contributed by atoms with Crippen molar-refractivity contribution in [2.45, 2.75) is 9.79 Å². The van der Waals surface area contributed by atoms with Gasteiger partial charge in [-0.3, -0.25) is 0 Å². The zero-order valence-corrected chi connectivity index (χ0v) is 17.5. The first kappa shape index (κ1) is 20.4. The smallest absolute Gasteiger partial charge is 0.244 e. The van der Waals surface area contributed by atoms with Gasteiger partial charge in [0.1, 0.15) is 10.7 Å². The summed E-state index contributed by atoms with van der Waals surface area (Å²) in [5.41, 5.74) is 0. The molecule has 0 amide bonds. The van der Waals surface area contributed by atoms with Crippen LogP contribution in [-0.2, 0) is 10.0 Å². The number of hydrogen-bond donors (Lipinski definition) is 1. The Labute approximate surface area is 170 Å². The molecule has 1 aliphatic heterocycles. The zero-order valence-electron chi connectivity index (χ0n) is 15.1. The number of aromatic nitrogens is 1. The lowest BCUT2D eigenvalue weighted by Gasteiger charge is -2.31. The normalized spacial score (nSPS) is 16.4. The molecule has 6 nitrogen and oxygen atoms in total. The predicted molar refractivity (Wildman–Crippen MR) is 111 cm³/mol. The molecule has 2 heterocycles. The zero-order chi connectivity index (χ0) is 19.3.